The number of nitrogens with zero attached hydrogens (tertiary/aromatic N) is 2. The molecule has 1 saturated heterocycles. The number of carbonyl (C=O) groups excluding carboxylic acids is 3. The summed E-state index contributed by atoms with van der Waals surface area (Å²) < 4.78 is 30.5. The molecule has 3 fully saturated rings. The van der Waals surface area contributed by atoms with Gasteiger partial charge in [-0.15, -0.1) is 0 Å². The number of ether oxygens (including phenoxy) is 2. The molecule has 9 nitrogen and oxygen atoms in total. The first kappa shape index (κ1) is 24.7. The molecule has 2 atom stereocenters. The van der Waals surface area contributed by atoms with Crippen molar-refractivity contribution < 1.29 is 32.7 Å². The molecule has 2 aliphatic carbocycles. The lowest BCUT2D eigenvalue weighted by molar-refractivity contribution is -0.144. The molecule has 36 heavy (non-hydrogen) atoms. The number of Topliss-reactive ketones (excluding diaryl/α,β-unsaturated/α-hetero) is 1. The lowest BCUT2D eigenvalue weighted by atomic mass is 9.72. The smallest absolute Gasteiger partial charge is 0.405 e. The summed E-state index contributed by atoms with van der Waals surface area (Å²) in [4.78, 5) is 46.1. The van der Waals surface area contributed by atoms with E-state index in [1.807, 2.05) is 0 Å². The molecule has 2 aromatic rings. The first-order chi connectivity index (χ1) is 17.4. The zero-order valence-electron chi connectivity index (χ0n) is 20.2. The highest BCUT2D eigenvalue weighted by Crippen LogP contribution is 2.49. The zero-order valence-corrected chi connectivity index (χ0v) is 20.2. The molecule has 1 aliphatic heterocycles. The van der Waals surface area contributed by atoms with E-state index in [1.165, 1.54) is 12.1 Å². The van der Waals surface area contributed by atoms with Gasteiger partial charge in [0, 0.05) is 37.4 Å². The van der Waals surface area contributed by atoms with Gasteiger partial charge in [0.1, 0.15) is 11.3 Å². The summed E-state index contributed by atoms with van der Waals surface area (Å²) in [5.74, 6) is -2.22. The van der Waals surface area contributed by atoms with Crippen LogP contribution in [0.3, 0.4) is 0 Å². The van der Waals surface area contributed by atoms with Crippen LogP contribution in [0.2, 0.25) is 0 Å². The summed E-state index contributed by atoms with van der Waals surface area (Å²) in [6.07, 6.45) is 5.10. The first-order valence-corrected chi connectivity index (χ1v) is 12.8. The van der Waals surface area contributed by atoms with Gasteiger partial charge in [-0.3, -0.25) is 9.59 Å². The first-order valence-electron chi connectivity index (χ1n) is 12.8. The Labute approximate surface area is 208 Å². The van der Waals surface area contributed by atoms with Gasteiger partial charge in [0.2, 0.25) is 5.91 Å². The molecule has 0 spiro atoms. The van der Waals surface area contributed by atoms with E-state index in [0.717, 1.165) is 38.2 Å². The number of hydrogen-bond donors (Lipinski definition) is 1. The number of morpholine rings is 1. The third kappa shape index (κ3) is 4.96. The molecule has 2 saturated carbocycles. The molecule has 1 aromatic carbocycles. The van der Waals surface area contributed by atoms with Crippen molar-refractivity contribution in [3.05, 3.63) is 29.9 Å². The normalized spacial score (nSPS) is 21.6. The number of halogens is 1. The molecule has 2 N–H and O–H groups in total. The quantitative estimate of drug-likeness (QED) is 0.545. The number of primary amides is 1. The van der Waals surface area contributed by atoms with Crippen LogP contribution in [-0.4, -0.2) is 59.6 Å². The van der Waals surface area contributed by atoms with Crippen LogP contribution in [-0.2, 0) is 14.3 Å². The summed E-state index contributed by atoms with van der Waals surface area (Å²) in [5.41, 5.74) is 4.27. The van der Waals surface area contributed by atoms with Crippen molar-refractivity contribution in [3.8, 4) is 0 Å². The Kier molecular flexibility index (Phi) is 6.96. The molecule has 10 heteroatoms. The molecule has 0 radical (unpaired) electrons. The Morgan fingerprint density at radius 2 is 1.86 bits per heavy atom. The van der Waals surface area contributed by atoms with Gasteiger partial charge >= 0.3 is 6.09 Å². The van der Waals surface area contributed by atoms with E-state index < -0.39 is 29.2 Å². The Balaban J connectivity index is 1.53. The molecule has 1 unspecified atom stereocenters. The van der Waals surface area contributed by atoms with Crippen molar-refractivity contribution in [1.29, 1.82) is 0 Å². The predicted octanol–water partition coefficient (Wildman–Crippen LogP) is 3.84. The second-order valence-electron chi connectivity index (χ2n) is 10.2. The molecular formula is C26H32FN3O6. The second kappa shape index (κ2) is 10.2. The molecular weight excluding hydrogens is 469 g/mol. The monoisotopic (exact) mass is 501 g/mol. The van der Waals surface area contributed by atoms with Crippen LogP contribution in [0, 0.1) is 23.6 Å². The summed E-state index contributed by atoms with van der Waals surface area (Å²) in [7, 11) is 0. The van der Waals surface area contributed by atoms with Gasteiger partial charge in [0.05, 0.1) is 13.2 Å². The molecule has 194 valence electrons. The number of fused-ring (bicyclic) bond motifs is 1. The minimum Gasteiger partial charge on any atom is -0.434 e. The Bertz CT molecular complexity index is 1140. The van der Waals surface area contributed by atoms with E-state index in [9.17, 15) is 18.8 Å². The standard InChI is InChI=1S/C26H32FN3O6/c27-18-8-9-20-21(14-18)35-23(29-20)22(31)26(17-6-7-17,36-25(28)33)15-19(16-4-2-1-3-5-16)24(32)30-10-12-34-13-11-30/h8-9,14,16-17,19H,1-7,10-13,15H2,(H2,28,33)/t19?,26-/m0/s1. The average Bonchev–Trinajstić information content (AvgIpc) is 3.66. The van der Waals surface area contributed by atoms with Crippen LogP contribution in [0.4, 0.5) is 9.18 Å². The van der Waals surface area contributed by atoms with Gasteiger partial charge in [-0.25, -0.2) is 14.2 Å². The molecule has 1 aromatic heterocycles. The lowest BCUT2D eigenvalue weighted by Crippen LogP contribution is -2.53. The van der Waals surface area contributed by atoms with Crippen molar-refractivity contribution in [1.82, 2.24) is 9.88 Å². The number of rotatable bonds is 8. The van der Waals surface area contributed by atoms with Gasteiger partial charge in [0.25, 0.3) is 11.7 Å². The van der Waals surface area contributed by atoms with E-state index in [1.54, 1.807) is 4.90 Å². The van der Waals surface area contributed by atoms with Crippen LogP contribution >= 0.6 is 0 Å². The molecule has 2 amide bonds. The summed E-state index contributed by atoms with van der Waals surface area (Å²) >= 11 is 0. The van der Waals surface area contributed by atoms with E-state index in [-0.39, 0.29) is 35.6 Å². The number of carbonyl (C=O) groups is 3. The fourth-order valence-electron chi connectivity index (χ4n) is 5.86. The van der Waals surface area contributed by atoms with Crippen molar-refractivity contribution in [3.63, 3.8) is 0 Å². The number of oxazole rings is 1. The summed E-state index contributed by atoms with van der Waals surface area (Å²) in [5, 5.41) is 0. The van der Waals surface area contributed by atoms with Gasteiger partial charge in [-0.2, -0.15) is 0 Å². The van der Waals surface area contributed by atoms with Crippen molar-refractivity contribution in [2.75, 3.05) is 26.3 Å². The number of aromatic nitrogens is 1. The molecule has 3 aliphatic rings. The highest BCUT2D eigenvalue weighted by atomic mass is 19.1. The van der Waals surface area contributed by atoms with Gasteiger partial charge in [-0.1, -0.05) is 19.3 Å². The highest BCUT2D eigenvalue weighted by molar-refractivity contribution is 6.02. The maximum Gasteiger partial charge on any atom is 0.405 e. The lowest BCUT2D eigenvalue weighted by Gasteiger charge is -2.40. The SMILES string of the molecule is NC(=O)O[C@](CC(C(=O)N1CCOCC1)C1CCCCC1)(C(=O)c1nc2ccc(F)cc2o1)C1CC1. The third-order valence-electron chi connectivity index (χ3n) is 7.83. The number of benzene rings is 1. The summed E-state index contributed by atoms with van der Waals surface area (Å²) in [6, 6.07) is 3.80. The van der Waals surface area contributed by atoms with Crippen LogP contribution in [0.25, 0.3) is 11.1 Å². The average molecular weight is 502 g/mol. The third-order valence-corrected chi connectivity index (χ3v) is 7.83. The fraction of sp³-hybridized carbons (Fsp3) is 0.615. The highest BCUT2D eigenvalue weighted by Gasteiger charge is 2.58. The van der Waals surface area contributed by atoms with Gasteiger partial charge in [-0.05, 0) is 43.7 Å². The van der Waals surface area contributed by atoms with E-state index in [4.69, 9.17) is 19.6 Å². The summed E-state index contributed by atoms with van der Waals surface area (Å²) in [6.45, 7) is 1.90. The number of amides is 2. The molecule has 0 bridgehead atoms. The number of hydrogen-bond acceptors (Lipinski definition) is 7. The number of nitrogens with two attached hydrogens (primary N) is 1. The number of ketones is 1. The Morgan fingerprint density at radius 3 is 2.53 bits per heavy atom. The van der Waals surface area contributed by atoms with E-state index in [2.05, 4.69) is 4.98 Å². The molecule has 5 rings (SSSR count). The zero-order chi connectivity index (χ0) is 25.3. The Morgan fingerprint density at radius 1 is 1.14 bits per heavy atom. The maximum atomic E-state index is 14.0. The minimum atomic E-state index is -1.67. The Hall–Kier alpha value is -3.01. The van der Waals surface area contributed by atoms with Crippen LogP contribution in [0.5, 0.6) is 0 Å². The minimum absolute atomic E-state index is 0.0212. The van der Waals surface area contributed by atoms with Crippen LogP contribution in [0.15, 0.2) is 22.6 Å². The van der Waals surface area contributed by atoms with Gasteiger partial charge < -0.3 is 24.5 Å². The fourth-order valence-corrected chi connectivity index (χ4v) is 5.86. The van der Waals surface area contributed by atoms with Crippen LogP contribution in [0.1, 0.15) is 62.1 Å². The van der Waals surface area contributed by atoms with Crippen LogP contribution < -0.4 is 5.73 Å². The van der Waals surface area contributed by atoms with E-state index >= 15 is 0 Å². The van der Waals surface area contributed by atoms with Crippen molar-refractivity contribution in [2.45, 2.75) is 57.0 Å². The topological polar surface area (TPSA) is 125 Å². The molecule has 2 heterocycles. The maximum absolute atomic E-state index is 14.0. The predicted molar refractivity (Wildman–Crippen MR) is 127 cm³/mol. The van der Waals surface area contributed by atoms with Crippen molar-refractivity contribution in [2.24, 2.45) is 23.5 Å². The van der Waals surface area contributed by atoms with E-state index in [0.29, 0.717) is 44.7 Å². The largest absolute Gasteiger partial charge is 0.434 e. The second-order valence-corrected chi connectivity index (χ2v) is 10.2. The van der Waals surface area contributed by atoms with Crippen molar-refractivity contribution >= 4 is 28.9 Å². The van der Waals surface area contributed by atoms with Gasteiger partial charge in [0.15, 0.2) is 11.2 Å².